The van der Waals surface area contributed by atoms with E-state index in [4.69, 9.17) is 5.73 Å². The Bertz CT molecular complexity index is 685. The lowest BCUT2D eigenvalue weighted by molar-refractivity contribution is -0.384. The summed E-state index contributed by atoms with van der Waals surface area (Å²) in [6.07, 6.45) is 0. The number of benzene rings is 1. The third kappa shape index (κ3) is 3.65. The minimum Gasteiger partial charge on any atom is -0.361 e. The van der Waals surface area contributed by atoms with Crippen LogP contribution in [0.25, 0.3) is 0 Å². The molecule has 0 aromatic heterocycles. The second-order valence-corrected chi connectivity index (χ2v) is 5.72. The van der Waals surface area contributed by atoms with Crippen molar-refractivity contribution in [1.29, 1.82) is 0 Å². The smallest absolute Gasteiger partial charge is 0.311 e. The van der Waals surface area contributed by atoms with Gasteiger partial charge in [0.15, 0.2) is 0 Å². The molecular formula is C13H13BrN4O5. The lowest BCUT2D eigenvalue weighted by Gasteiger charge is -2.34. The number of nitrogens with zero attached hydrogens (tertiary/aromatic N) is 3. The molecule has 1 aliphatic heterocycles. The van der Waals surface area contributed by atoms with E-state index in [1.54, 1.807) is 0 Å². The highest BCUT2D eigenvalue weighted by Crippen LogP contribution is 2.24. The largest absolute Gasteiger partial charge is 0.361 e. The highest BCUT2D eigenvalue weighted by atomic mass is 79.9. The standard InChI is InChI=1S/C13H13BrN4O5/c14-10-2-1-8(18(22)23)7-9(10)12(20)16-3-5-17(6-4-16)13(21)11(15)19/h1-2,7H,3-6H2,(H2,15,19). The number of halogens is 1. The molecule has 0 radical (unpaired) electrons. The number of hydrogen-bond donors (Lipinski definition) is 1. The van der Waals surface area contributed by atoms with Crippen LogP contribution in [0.2, 0.25) is 0 Å². The Morgan fingerprint density at radius 2 is 1.70 bits per heavy atom. The Morgan fingerprint density at radius 3 is 2.22 bits per heavy atom. The highest BCUT2D eigenvalue weighted by molar-refractivity contribution is 9.10. The van der Waals surface area contributed by atoms with Crippen LogP contribution in [0.15, 0.2) is 22.7 Å². The highest BCUT2D eigenvalue weighted by Gasteiger charge is 2.28. The van der Waals surface area contributed by atoms with Crippen molar-refractivity contribution < 1.29 is 19.3 Å². The summed E-state index contributed by atoms with van der Waals surface area (Å²) in [5.41, 5.74) is 4.93. The second kappa shape index (κ2) is 6.73. The van der Waals surface area contributed by atoms with Crippen molar-refractivity contribution in [2.24, 2.45) is 5.73 Å². The molecule has 0 aliphatic carbocycles. The van der Waals surface area contributed by atoms with Crippen molar-refractivity contribution in [2.45, 2.75) is 0 Å². The van der Waals surface area contributed by atoms with Crippen LogP contribution < -0.4 is 5.73 Å². The number of amides is 3. The van der Waals surface area contributed by atoms with Gasteiger partial charge in [0.25, 0.3) is 11.6 Å². The summed E-state index contributed by atoms with van der Waals surface area (Å²) in [6, 6.07) is 3.94. The summed E-state index contributed by atoms with van der Waals surface area (Å²) in [6.45, 7) is 0.792. The number of carbonyl (C=O) groups is 3. The number of nitro groups is 1. The van der Waals surface area contributed by atoms with Crippen LogP contribution >= 0.6 is 15.9 Å². The second-order valence-electron chi connectivity index (χ2n) is 4.87. The summed E-state index contributed by atoms with van der Waals surface area (Å²) in [5.74, 6) is -2.20. The number of primary amides is 1. The minimum absolute atomic E-state index is 0.175. The normalized spacial score (nSPS) is 14.5. The number of piperazine rings is 1. The van der Waals surface area contributed by atoms with Gasteiger partial charge in [0.05, 0.1) is 10.5 Å². The summed E-state index contributed by atoms with van der Waals surface area (Å²) < 4.78 is 0.448. The molecule has 122 valence electrons. The third-order valence-electron chi connectivity index (χ3n) is 3.46. The summed E-state index contributed by atoms with van der Waals surface area (Å²) >= 11 is 3.21. The Hall–Kier alpha value is -2.49. The first-order chi connectivity index (χ1) is 10.8. The van der Waals surface area contributed by atoms with Gasteiger partial charge >= 0.3 is 11.8 Å². The van der Waals surface area contributed by atoms with E-state index >= 15 is 0 Å². The SMILES string of the molecule is NC(=O)C(=O)N1CCN(C(=O)c2cc([N+](=O)[O-])ccc2Br)CC1. The summed E-state index contributed by atoms with van der Waals surface area (Å²) in [4.78, 5) is 47.8. The molecule has 2 rings (SSSR count). The number of non-ortho nitro benzene ring substituents is 1. The molecular weight excluding hydrogens is 372 g/mol. The van der Waals surface area contributed by atoms with Crippen LogP contribution in [0.4, 0.5) is 5.69 Å². The van der Waals surface area contributed by atoms with E-state index in [1.807, 2.05) is 0 Å². The van der Waals surface area contributed by atoms with Crippen molar-refractivity contribution in [1.82, 2.24) is 9.80 Å². The molecule has 1 aliphatic rings. The molecule has 1 fully saturated rings. The van der Waals surface area contributed by atoms with Crippen molar-refractivity contribution >= 4 is 39.3 Å². The maximum atomic E-state index is 12.5. The predicted molar refractivity (Wildman–Crippen MR) is 82.5 cm³/mol. The number of nitro benzene ring substituents is 1. The molecule has 1 saturated heterocycles. The Balaban J connectivity index is 2.11. The molecule has 0 bridgehead atoms. The molecule has 0 saturated carbocycles. The zero-order valence-corrected chi connectivity index (χ0v) is 13.5. The topological polar surface area (TPSA) is 127 Å². The molecule has 0 atom stereocenters. The van der Waals surface area contributed by atoms with E-state index in [9.17, 15) is 24.5 Å². The maximum Gasteiger partial charge on any atom is 0.311 e. The zero-order valence-electron chi connectivity index (χ0n) is 11.9. The van der Waals surface area contributed by atoms with Gasteiger partial charge < -0.3 is 15.5 Å². The molecule has 1 aromatic carbocycles. The fraction of sp³-hybridized carbons (Fsp3) is 0.308. The average Bonchev–Trinajstić information content (AvgIpc) is 2.53. The fourth-order valence-electron chi connectivity index (χ4n) is 2.23. The van der Waals surface area contributed by atoms with Gasteiger partial charge in [-0.25, -0.2) is 0 Å². The van der Waals surface area contributed by atoms with Gasteiger partial charge in [-0.05, 0) is 22.0 Å². The first kappa shape index (κ1) is 16.9. The van der Waals surface area contributed by atoms with Gasteiger partial charge in [-0.15, -0.1) is 0 Å². The van der Waals surface area contributed by atoms with Crippen LogP contribution in [-0.2, 0) is 9.59 Å². The van der Waals surface area contributed by atoms with Crippen LogP contribution in [-0.4, -0.2) is 58.6 Å². The molecule has 0 spiro atoms. The van der Waals surface area contributed by atoms with Crippen LogP contribution in [0.1, 0.15) is 10.4 Å². The van der Waals surface area contributed by atoms with Crippen LogP contribution in [0.3, 0.4) is 0 Å². The van der Waals surface area contributed by atoms with Gasteiger partial charge in [-0.1, -0.05) is 0 Å². The number of carbonyl (C=O) groups excluding carboxylic acids is 3. The Kier molecular flexibility index (Phi) is 4.94. The van der Waals surface area contributed by atoms with Crippen molar-refractivity contribution in [3.63, 3.8) is 0 Å². The number of rotatable bonds is 2. The Morgan fingerprint density at radius 1 is 1.13 bits per heavy atom. The molecule has 0 unspecified atom stereocenters. The maximum absolute atomic E-state index is 12.5. The molecule has 9 nitrogen and oxygen atoms in total. The first-order valence-corrected chi connectivity index (χ1v) is 7.42. The van der Waals surface area contributed by atoms with Crippen molar-refractivity contribution in [3.05, 3.63) is 38.3 Å². The zero-order chi connectivity index (χ0) is 17.1. The van der Waals surface area contributed by atoms with E-state index in [0.29, 0.717) is 4.47 Å². The monoisotopic (exact) mass is 384 g/mol. The fourth-order valence-corrected chi connectivity index (χ4v) is 2.65. The van der Waals surface area contributed by atoms with Crippen LogP contribution in [0, 0.1) is 10.1 Å². The van der Waals surface area contributed by atoms with E-state index in [1.165, 1.54) is 28.0 Å². The van der Waals surface area contributed by atoms with E-state index in [0.717, 1.165) is 0 Å². The summed E-state index contributed by atoms with van der Waals surface area (Å²) in [5, 5.41) is 10.8. The van der Waals surface area contributed by atoms with E-state index in [2.05, 4.69) is 15.9 Å². The van der Waals surface area contributed by atoms with Gasteiger partial charge in [0.1, 0.15) is 0 Å². The quantitative estimate of drug-likeness (QED) is 0.440. The third-order valence-corrected chi connectivity index (χ3v) is 4.15. The molecule has 1 heterocycles. The van der Waals surface area contributed by atoms with E-state index < -0.39 is 16.7 Å². The van der Waals surface area contributed by atoms with E-state index in [-0.39, 0.29) is 43.3 Å². The molecule has 1 aromatic rings. The molecule has 2 N–H and O–H groups in total. The molecule has 3 amide bonds. The van der Waals surface area contributed by atoms with Gasteiger partial charge in [0.2, 0.25) is 0 Å². The number of nitrogens with two attached hydrogens (primary N) is 1. The van der Waals surface area contributed by atoms with Gasteiger partial charge in [-0.2, -0.15) is 0 Å². The van der Waals surface area contributed by atoms with Crippen molar-refractivity contribution in [2.75, 3.05) is 26.2 Å². The summed E-state index contributed by atoms with van der Waals surface area (Å²) in [7, 11) is 0. The predicted octanol–water partition coefficient (Wildman–Crippen LogP) is 0.127. The Labute approximate surface area is 139 Å². The first-order valence-electron chi connectivity index (χ1n) is 6.63. The lowest BCUT2D eigenvalue weighted by Crippen LogP contribution is -2.53. The van der Waals surface area contributed by atoms with Gasteiger partial charge in [0, 0.05) is 42.8 Å². The number of hydrogen-bond acceptors (Lipinski definition) is 5. The molecule has 23 heavy (non-hydrogen) atoms. The van der Waals surface area contributed by atoms with Crippen LogP contribution in [0.5, 0.6) is 0 Å². The minimum atomic E-state index is -1.04. The lowest BCUT2D eigenvalue weighted by atomic mass is 10.1. The van der Waals surface area contributed by atoms with Gasteiger partial charge in [-0.3, -0.25) is 24.5 Å². The average molecular weight is 385 g/mol. The van der Waals surface area contributed by atoms with Crippen molar-refractivity contribution in [3.8, 4) is 0 Å². The molecule has 10 heteroatoms.